The quantitative estimate of drug-likeness (QED) is 0.810. The van der Waals surface area contributed by atoms with E-state index in [4.69, 9.17) is 4.52 Å². The van der Waals surface area contributed by atoms with Crippen molar-refractivity contribution in [3.05, 3.63) is 11.7 Å². The smallest absolute Gasteiger partial charge is 0.223 e. The normalized spacial score (nSPS) is 21.9. The van der Waals surface area contributed by atoms with Gasteiger partial charge in [0.05, 0.1) is 6.54 Å². The van der Waals surface area contributed by atoms with E-state index in [1.807, 2.05) is 6.92 Å². The minimum atomic E-state index is 0.162. The van der Waals surface area contributed by atoms with Crippen LogP contribution < -0.4 is 5.32 Å². The van der Waals surface area contributed by atoms with Crippen LogP contribution in [-0.4, -0.2) is 40.2 Å². The van der Waals surface area contributed by atoms with Gasteiger partial charge in [-0.25, -0.2) is 0 Å². The SMILES string of the molecule is Cc1nc(CN2CCCNC(C)(C)C2)no1. The van der Waals surface area contributed by atoms with Gasteiger partial charge in [0.2, 0.25) is 5.89 Å². The number of aryl methyl sites for hydroxylation is 1. The van der Waals surface area contributed by atoms with Gasteiger partial charge in [-0.05, 0) is 33.4 Å². The van der Waals surface area contributed by atoms with E-state index in [9.17, 15) is 0 Å². The summed E-state index contributed by atoms with van der Waals surface area (Å²) in [5.41, 5.74) is 0.162. The molecular weight excluding hydrogens is 204 g/mol. The Kier molecular flexibility index (Phi) is 3.25. The van der Waals surface area contributed by atoms with Crippen molar-refractivity contribution in [1.82, 2.24) is 20.4 Å². The van der Waals surface area contributed by atoms with Crippen LogP contribution in [0.15, 0.2) is 4.52 Å². The van der Waals surface area contributed by atoms with Crippen molar-refractivity contribution in [2.75, 3.05) is 19.6 Å². The minimum Gasteiger partial charge on any atom is -0.340 e. The summed E-state index contributed by atoms with van der Waals surface area (Å²) >= 11 is 0. The Morgan fingerprint density at radius 3 is 3.00 bits per heavy atom. The zero-order chi connectivity index (χ0) is 11.6. The summed E-state index contributed by atoms with van der Waals surface area (Å²) in [6, 6.07) is 0. The molecule has 0 spiro atoms. The molecule has 5 nitrogen and oxygen atoms in total. The number of hydrogen-bond donors (Lipinski definition) is 1. The first-order valence-electron chi connectivity index (χ1n) is 5.82. The predicted octanol–water partition coefficient (Wildman–Crippen LogP) is 0.952. The monoisotopic (exact) mass is 224 g/mol. The molecule has 5 heteroatoms. The summed E-state index contributed by atoms with van der Waals surface area (Å²) in [6.45, 7) is 10.2. The number of rotatable bonds is 2. The van der Waals surface area contributed by atoms with Gasteiger partial charge in [0.15, 0.2) is 5.82 Å². The van der Waals surface area contributed by atoms with Gasteiger partial charge in [-0.2, -0.15) is 4.98 Å². The lowest BCUT2D eigenvalue weighted by Crippen LogP contribution is -2.46. The summed E-state index contributed by atoms with van der Waals surface area (Å²) in [6.07, 6.45) is 1.17. The van der Waals surface area contributed by atoms with Crippen LogP contribution in [0, 0.1) is 6.92 Å². The molecule has 2 rings (SSSR count). The zero-order valence-corrected chi connectivity index (χ0v) is 10.3. The summed E-state index contributed by atoms with van der Waals surface area (Å²) in [5.74, 6) is 1.43. The molecule has 1 aromatic rings. The first-order valence-corrected chi connectivity index (χ1v) is 5.82. The molecule has 1 aromatic heterocycles. The summed E-state index contributed by atoms with van der Waals surface area (Å²) < 4.78 is 4.99. The molecular formula is C11H20N4O. The zero-order valence-electron chi connectivity index (χ0n) is 10.3. The molecule has 0 amide bonds. The predicted molar refractivity (Wildman–Crippen MR) is 61.0 cm³/mol. The molecule has 1 N–H and O–H groups in total. The molecule has 1 saturated heterocycles. The molecule has 0 saturated carbocycles. The van der Waals surface area contributed by atoms with Crippen LogP contribution >= 0.6 is 0 Å². The molecule has 2 heterocycles. The van der Waals surface area contributed by atoms with Crippen LogP contribution in [0.25, 0.3) is 0 Å². The Bertz CT molecular complexity index is 348. The van der Waals surface area contributed by atoms with Crippen molar-refractivity contribution in [2.24, 2.45) is 0 Å². The minimum absolute atomic E-state index is 0.162. The second-order valence-corrected chi connectivity index (χ2v) is 5.10. The first kappa shape index (κ1) is 11.5. The van der Waals surface area contributed by atoms with Crippen molar-refractivity contribution in [3.63, 3.8) is 0 Å². The van der Waals surface area contributed by atoms with E-state index >= 15 is 0 Å². The topological polar surface area (TPSA) is 54.2 Å². The number of nitrogens with one attached hydrogen (secondary N) is 1. The average molecular weight is 224 g/mol. The highest BCUT2D eigenvalue weighted by Crippen LogP contribution is 2.12. The Morgan fingerprint density at radius 2 is 2.31 bits per heavy atom. The van der Waals surface area contributed by atoms with Gasteiger partial charge in [0, 0.05) is 19.0 Å². The fourth-order valence-corrected chi connectivity index (χ4v) is 2.16. The van der Waals surface area contributed by atoms with E-state index in [0.29, 0.717) is 5.89 Å². The molecule has 1 aliphatic rings. The van der Waals surface area contributed by atoms with E-state index in [1.54, 1.807) is 0 Å². The highest BCUT2D eigenvalue weighted by Gasteiger charge is 2.24. The molecule has 0 aliphatic carbocycles. The third kappa shape index (κ3) is 3.02. The molecule has 0 aromatic carbocycles. The number of aromatic nitrogens is 2. The van der Waals surface area contributed by atoms with E-state index in [-0.39, 0.29) is 5.54 Å². The maximum absolute atomic E-state index is 4.99. The summed E-state index contributed by atoms with van der Waals surface area (Å²) in [4.78, 5) is 6.62. The summed E-state index contributed by atoms with van der Waals surface area (Å²) in [7, 11) is 0. The molecule has 0 unspecified atom stereocenters. The molecule has 1 fully saturated rings. The van der Waals surface area contributed by atoms with E-state index < -0.39 is 0 Å². The molecule has 0 atom stereocenters. The lowest BCUT2D eigenvalue weighted by Gasteiger charge is -2.29. The highest BCUT2D eigenvalue weighted by molar-refractivity contribution is 4.89. The van der Waals surface area contributed by atoms with Crippen molar-refractivity contribution in [2.45, 2.75) is 39.3 Å². The Labute approximate surface area is 96.2 Å². The van der Waals surface area contributed by atoms with Gasteiger partial charge < -0.3 is 9.84 Å². The Balaban J connectivity index is 1.98. The molecule has 16 heavy (non-hydrogen) atoms. The van der Waals surface area contributed by atoms with Crippen molar-refractivity contribution < 1.29 is 4.52 Å². The van der Waals surface area contributed by atoms with Crippen LogP contribution in [0.5, 0.6) is 0 Å². The number of hydrogen-bond acceptors (Lipinski definition) is 5. The van der Waals surface area contributed by atoms with Crippen molar-refractivity contribution in [1.29, 1.82) is 0 Å². The van der Waals surface area contributed by atoms with Gasteiger partial charge in [-0.3, -0.25) is 4.90 Å². The lowest BCUT2D eigenvalue weighted by molar-refractivity contribution is 0.216. The highest BCUT2D eigenvalue weighted by atomic mass is 16.5. The Morgan fingerprint density at radius 1 is 1.50 bits per heavy atom. The lowest BCUT2D eigenvalue weighted by atomic mass is 10.1. The van der Waals surface area contributed by atoms with Crippen LogP contribution in [0.2, 0.25) is 0 Å². The standard InChI is InChI=1S/C11H20N4O/c1-9-13-10(14-16-9)7-15-6-4-5-12-11(2,3)8-15/h12H,4-8H2,1-3H3. The fraction of sp³-hybridized carbons (Fsp3) is 0.818. The largest absolute Gasteiger partial charge is 0.340 e. The van der Waals surface area contributed by atoms with Crippen molar-refractivity contribution in [3.8, 4) is 0 Å². The maximum atomic E-state index is 4.99. The third-order valence-electron chi connectivity index (χ3n) is 2.81. The number of nitrogens with zero attached hydrogens (tertiary/aromatic N) is 3. The first-order chi connectivity index (χ1) is 7.55. The van der Waals surface area contributed by atoms with Gasteiger partial charge >= 0.3 is 0 Å². The van der Waals surface area contributed by atoms with Gasteiger partial charge in [-0.1, -0.05) is 5.16 Å². The second kappa shape index (κ2) is 4.51. The molecule has 90 valence electrons. The summed E-state index contributed by atoms with van der Waals surface area (Å²) in [5, 5.41) is 7.48. The molecule has 0 radical (unpaired) electrons. The van der Waals surface area contributed by atoms with E-state index in [2.05, 4.69) is 34.2 Å². The van der Waals surface area contributed by atoms with Crippen LogP contribution in [0.4, 0.5) is 0 Å². The van der Waals surface area contributed by atoms with Gasteiger partial charge in [-0.15, -0.1) is 0 Å². The average Bonchev–Trinajstić information content (AvgIpc) is 2.49. The third-order valence-corrected chi connectivity index (χ3v) is 2.81. The molecule has 0 bridgehead atoms. The van der Waals surface area contributed by atoms with Crippen LogP contribution in [0.1, 0.15) is 32.0 Å². The van der Waals surface area contributed by atoms with Gasteiger partial charge in [0.1, 0.15) is 0 Å². The van der Waals surface area contributed by atoms with Crippen molar-refractivity contribution >= 4 is 0 Å². The molecule has 1 aliphatic heterocycles. The maximum Gasteiger partial charge on any atom is 0.223 e. The second-order valence-electron chi connectivity index (χ2n) is 5.10. The van der Waals surface area contributed by atoms with E-state index in [0.717, 1.165) is 32.0 Å². The fourth-order valence-electron chi connectivity index (χ4n) is 2.16. The Hall–Kier alpha value is -0.940. The van der Waals surface area contributed by atoms with Gasteiger partial charge in [0.25, 0.3) is 0 Å². The van der Waals surface area contributed by atoms with Crippen LogP contribution in [0.3, 0.4) is 0 Å². The van der Waals surface area contributed by atoms with E-state index in [1.165, 1.54) is 6.42 Å². The van der Waals surface area contributed by atoms with Crippen LogP contribution in [-0.2, 0) is 6.54 Å².